The topological polar surface area (TPSA) is 89.8 Å². The molecule has 24 heavy (non-hydrogen) atoms. The summed E-state index contributed by atoms with van der Waals surface area (Å²) in [6, 6.07) is 18.6. The molecule has 2 aromatic carbocycles. The van der Waals surface area contributed by atoms with Crippen molar-refractivity contribution >= 4 is 27.4 Å². The molecule has 0 aliphatic heterocycles. The number of rotatable bonds is 4. The number of fused-ring (bicyclic) bond motifs is 1. The zero-order valence-electron chi connectivity index (χ0n) is 13.1. The van der Waals surface area contributed by atoms with Gasteiger partial charge in [0.1, 0.15) is 0 Å². The fourth-order valence-electron chi connectivity index (χ4n) is 2.06. The second kappa shape index (κ2) is 8.56. The van der Waals surface area contributed by atoms with Crippen LogP contribution in [0.15, 0.2) is 60.7 Å². The summed E-state index contributed by atoms with van der Waals surface area (Å²) in [7, 11) is 0. The van der Waals surface area contributed by atoms with E-state index in [1.807, 2.05) is 19.1 Å². The number of hydrogen-bond donors (Lipinski definition) is 4. The van der Waals surface area contributed by atoms with Gasteiger partial charge in [0.05, 0.1) is 6.04 Å². The first-order chi connectivity index (χ1) is 11.5. The summed E-state index contributed by atoms with van der Waals surface area (Å²) in [5, 5.41) is 27.4. The SMILES string of the molecule is C[C@@H](NO)c1cc2ccccc2s1.O=C(O)[C@@H](O)c1ccccc1. The van der Waals surface area contributed by atoms with E-state index in [0.717, 1.165) is 4.88 Å². The highest BCUT2D eigenvalue weighted by molar-refractivity contribution is 7.19. The number of nitrogens with one attached hydrogen (secondary N) is 1. The minimum absolute atomic E-state index is 0.0115. The number of hydrogen-bond acceptors (Lipinski definition) is 5. The first-order valence-corrected chi connectivity index (χ1v) is 8.18. The van der Waals surface area contributed by atoms with E-state index in [9.17, 15) is 4.79 Å². The number of aliphatic hydroxyl groups excluding tert-OH is 1. The van der Waals surface area contributed by atoms with Gasteiger partial charge in [-0.15, -0.1) is 11.3 Å². The molecule has 0 fully saturated rings. The van der Waals surface area contributed by atoms with Gasteiger partial charge < -0.3 is 15.4 Å². The number of carboxylic acids is 1. The number of carboxylic acid groups (broad SMARTS) is 1. The molecule has 6 heteroatoms. The van der Waals surface area contributed by atoms with Crippen LogP contribution in [-0.2, 0) is 4.79 Å². The largest absolute Gasteiger partial charge is 0.479 e. The Morgan fingerprint density at radius 1 is 1.08 bits per heavy atom. The van der Waals surface area contributed by atoms with Crippen LogP contribution in [-0.4, -0.2) is 21.4 Å². The average Bonchev–Trinajstić information content (AvgIpc) is 3.05. The zero-order valence-corrected chi connectivity index (χ0v) is 13.9. The Kier molecular flexibility index (Phi) is 6.45. The zero-order chi connectivity index (χ0) is 17.5. The smallest absolute Gasteiger partial charge is 0.337 e. The Morgan fingerprint density at radius 3 is 2.29 bits per heavy atom. The van der Waals surface area contributed by atoms with Gasteiger partial charge in [0.25, 0.3) is 0 Å². The maximum Gasteiger partial charge on any atom is 0.337 e. The standard InChI is InChI=1S/C10H11NOS.C8H8O3/c1-7(11-12)10-6-8-4-2-3-5-9(8)13-10;9-7(8(10)11)6-4-2-1-3-5-6/h2-7,11-12H,1H3;1-5,7,9H,(H,10,11)/t2*7-/m10/s1. The predicted molar refractivity (Wildman–Crippen MR) is 94.2 cm³/mol. The van der Waals surface area contributed by atoms with Gasteiger partial charge in [-0.05, 0) is 30.0 Å². The molecule has 0 unspecified atom stereocenters. The molecule has 4 N–H and O–H groups in total. The van der Waals surface area contributed by atoms with E-state index in [-0.39, 0.29) is 6.04 Å². The molecule has 0 saturated heterocycles. The van der Waals surface area contributed by atoms with Crippen LogP contribution in [0.2, 0.25) is 0 Å². The van der Waals surface area contributed by atoms with Gasteiger partial charge in [0, 0.05) is 9.58 Å². The molecule has 0 aliphatic carbocycles. The van der Waals surface area contributed by atoms with Crippen LogP contribution in [0.25, 0.3) is 10.1 Å². The van der Waals surface area contributed by atoms with Crippen LogP contribution in [0.4, 0.5) is 0 Å². The molecule has 1 aromatic heterocycles. The third-order valence-electron chi connectivity index (χ3n) is 3.41. The molecule has 3 rings (SSSR count). The van der Waals surface area contributed by atoms with Gasteiger partial charge in [0.15, 0.2) is 6.10 Å². The van der Waals surface area contributed by atoms with Crippen LogP contribution < -0.4 is 5.48 Å². The molecule has 0 saturated carbocycles. The van der Waals surface area contributed by atoms with Crippen molar-refractivity contribution in [3.63, 3.8) is 0 Å². The maximum atomic E-state index is 10.2. The highest BCUT2D eigenvalue weighted by atomic mass is 32.1. The molecule has 126 valence electrons. The lowest BCUT2D eigenvalue weighted by Gasteiger charge is -2.03. The van der Waals surface area contributed by atoms with E-state index in [0.29, 0.717) is 5.56 Å². The number of benzene rings is 2. The van der Waals surface area contributed by atoms with Crippen LogP contribution in [0.5, 0.6) is 0 Å². The third-order valence-corrected chi connectivity index (χ3v) is 4.71. The highest BCUT2D eigenvalue weighted by Gasteiger charge is 2.14. The Bertz CT molecular complexity index is 755. The molecule has 0 radical (unpaired) electrons. The average molecular weight is 345 g/mol. The van der Waals surface area contributed by atoms with Gasteiger partial charge in [-0.1, -0.05) is 48.5 Å². The van der Waals surface area contributed by atoms with Crippen molar-refractivity contribution < 1.29 is 20.2 Å². The molecule has 1 heterocycles. The number of thiophene rings is 1. The van der Waals surface area contributed by atoms with Crippen molar-refractivity contribution in [2.75, 3.05) is 0 Å². The van der Waals surface area contributed by atoms with Gasteiger partial charge in [-0.25, -0.2) is 4.79 Å². The van der Waals surface area contributed by atoms with Gasteiger partial charge in [-0.3, -0.25) is 0 Å². The summed E-state index contributed by atoms with van der Waals surface area (Å²) in [5.74, 6) is -1.23. The summed E-state index contributed by atoms with van der Waals surface area (Å²) in [5.41, 5.74) is 2.66. The van der Waals surface area contributed by atoms with Gasteiger partial charge in [0.2, 0.25) is 0 Å². The van der Waals surface area contributed by atoms with Crippen molar-refractivity contribution in [2.24, 2.45) is 0 Å². The lowest BCUT2D eigenvalue weighted by Crippen LogP contribution is -2.11. The van der Waals surface area contributed by atoms with E-state index < -0.39 is 12.1 Å². The second-order valence-electron chi connectivity index (χ2n) is 5.19. The lowest BCUT2D eigenvalue weighted by molar-refractivity contribution is -0.146. The fraction of sp³-hybridized carbons (Fsp3) is 0.167. The Labute approximate surface area is 143 Å². The molecule has 0 spiro atoms. The first kappa shape index (κ1) is 18.1. The number of aliphatic hydroxyl groups is 1. The molecule has 2 atom stereocenters. The molecule has 3 aromatic rings. The van der Waals surface area contributed by atoms with Crippen LogP contribution in [0, 0.1) is 0 Å². The van der Waals surface area contributed by atoms with Crippen molar-refractivity contribution in [2.45, 2.75) is 19.1 Å². The molecule has 0 bridgehead atoms. The van der Waals surface area contributed by atoms with Gasteiger partial charge in [-0.2, -0.15) is 5.48 Å². The number of hydroxylamine groups is 1. The first-order valence-electron chi connectivity index (χ1n) is 7.37. The van der Waals surface area contributed by atoms with Crippen molar-refractivity contribution in [3.05, 3.63) is 71.1 Å². The molecule has 5 nitrogen and oxygen atoms in total. The normalized spacial score (nSPS) is 13.0. The second-order valence-corrected chi connectivity index (χ2v) is 6.30. The monoisotopic (exact) mass is 345 g/mol. The minimum atomic E-state index is -1.41. The number of aliphatic carboxylic acids is 1. The van der Waals surface area contributed by atoms with Crippen LogP contribution >= 0.6 is 11.3 Å². The van der Waals surface area contributed by atoms with E-state index in [4.69, 9.17) is 15.4 Å². The van der Waals surface area contributed by atoms with E-state index in [1.165, 1.54) is 10.1 Å². The molecule has 0 amide bonds. The van der Waals surface area contributed by atoms with E-state index in [1.54, 1.807) is 41.7 Å². The lowest BCUT2D eigenvalue weighted by atomic mass is 10.1. The molecular weight excluding hydrogens is 326 g/mol. The third kappa shape index (κ3) is 4.62. The molecule has 0 aliphatic rings. The quantitative estimate of drug-likeness (QED) is 0.541. The Morgan fingerprint density at radius 2 is 1.71 bits per heavy atom. The van der Waals surface area contributed by atoms with E-state index in [2.05, 4.69) is 23.7 Å². The van der Waals surface area contributed by atoms with Crippen molar-refractivity contribution in [1.82, 2.24) is 5.48 Å². The predicted octanol–water partition coefficient (Wildman–Crippen LogP) is 3.75. The van der Waals surface area contributed by atoms with Crippen LogP contribution in [0.3, 0.4) is 0 Å². The van der Waals surface area contributed by atoms with Crippen LogP contribution in [0.1, 0.15) is 29.5 Å². The van der Waals surface area contributed by atoms with E-state index >= 15 is 0 Å². The Hall–Kier alpha value is -2.25. The summed E-state index contributed by atoms with van der Waals surface area (Å²) in [6.45, 7) is 1.94. The summed E-state index contributed by atoms with van der Waals surface area (Å²) in [4.78, 5) is 11.4. The maximum absolute atomic E-state index is 10.2. The summed E-state index contributed by atoms with van der Waals surface area (Å²) < 4.78 is 1.26. The number of carbonyl (C=O) groups is 1. The van der Waals surface area contributed by atoms with Crippen molar-refractivity contribution in [1.29, 1.82) is 0 Å². The van der Waals surface area contributed by atoms with Crippen molar-refractivity contribution in [3.8, 4) is 0 Å². The highest BCUT2D eigenvalue weighted by Crippen LogP contribution is 2.29. The fourth-order valence-corrected chi connectivity index (χ4v) is 3.12. The minimum Gasteiger partial charge on any atom is -0.479 e. The Balaban J connectivity index is 0.000000177. The summed E-state index contributed by atoms with van der Waals surface area (Å²) >= 11 is 1.71. The van der Waals surface area contributed by atoms with Gasteiger partial charge >= 0.3 is 5.97 Å². The molecular formula is C18H19NO4S. The summed E-state index contributed by atoms with van der Waals surface area (Å²) in [6.07, 6.45) is -1.41.